The van der Waals surface area contributed by atoms with Crippen molar-refractivity contribution >= 4 is 21.4 Å². The predicted octanol–water partition coefficient (Wildman–Crippen LogP) is 4.73. The van der Waals surface area contributed by atoms with Crippen LogP contribution in [0.15, 0.2) is 18.3 Å². The lowest BCUT2D eigenvalue weighted by molar-refractivity contribution is 0.00578. The molecule has 0 aliphatic carbocycles. The zero-order valence-electron chi connectivity index (χ0n) is 25.0. The van der Waals surface area contributed by atoms with Gasteiger partial charge in [-0.05, 0) is 102 Å². The average molecular weight is 515 g/mol. The Hall–Kier alpha value is -1.10. The zero-order chi connectivity index (χ0) is 27.9. The van der Waals surface area contributed by atoms with Gasteiger partial charge in [0.2, 0.25) is 0 Å². The number of nitrogens with zero attached hydrogens (tertiary/aromatic N) is 1. The third-order valence-electron chi connectivity index (χ3n) is 9.60. The second-order valence-corrected chi connectivity index (χ2v) is 13.7. The highest BCUT2D eigenvalue weighted by molar-refractivity contribution is 6.89. The summed E-state index contributed by atoms with van der Waals surface area (Å²) in [5, 5.41) is -1.07. The van der Waals surface area contributed by atoms with Crippen molar-refractivity contribution in [2.24, 2.45) is 0 Å². The summed E-state index contributed by atoms with van der Waals surface area (Å²) in [5.41, 5.74) is -2.77. The SMILES string of the molecule is COc1ccc(CC(B2OC(C)(C)C(C)(C)O2)(B2OC(C)(C)C(C)(C)O2)B2OC(C)(C)C(C)(C)O2)nc1. The molecule has 1 aromatic rings. The quantitative estimate of drug-likeness (QED) is 0.504. The molecule has 0 aromatic carbocycles. The standard InChI is InChI=1S/C26H44B3NO7/c1-20(2)21(3,4)33-27(32-20)26(16-18-14-15-19(31-13)17-30-18,28-34-22(5,6)23(7,8)35-28)29-36-24(9,10)25(11,12)37-29/h14-15,17H,16H2,1-13H3. The second kappa shape index (κ2) is 8.70. The Morgan fingerprint density at radius 2 is 0.946 bits per heavy atom. The second-order valence-electron chi connectivity index (χ2n) is 13.7. The third kappa shape index (κ3) is 4.57. The summed E-state index contributed by atoms with van der Waals surface area (Å²) in [5.74, 6) is 0.677. The van der Waals surface area contributed by atoms with E-state index in [0.29, 0.717) is 12.2 Å². The molecule has 37 heavy (non-hydrogen) atoms. The highest BCUT2D eigenvalue weighted by atomic mass is 16.7. The fraction of sp³-hybridized carbons (Fsp3) is 0.808. The number of ether oxygens (including phenoxy) is 1. The van der Waals surface area contributed by atoms with Gasteiger partial charge in [0.15, 0.2) is 0 Å². The fourth-order valence-electron chi connectivity index (χ4n) is 4.72. The summed E-state index contributed by atoms with van der Waals surface area (Å²) in [7, 11) is -0.692. The van der Waals surface area contributed by atoms with Gasteiger partial charge >= 0.3 is 21.4 Å². The number of hydrogen-bond donors (Lipinski definition) is 0. The van der Waals surface area contributed by atoms with E-state index in [-0.39, 0.29) is 0 Å². The molecule has 3 aliphatic heterocycles. The Labute approximate surface area is 224 Å². The van der Waals surface area contributed by atoms with Crippen LogP contribution in [-0.2, 0) is 34.3 Å². The Balaban J connectivity index is 1.91. The van der Waals surface area contributed by atoms with Gasteiger partial charge in [-0.3, -0.25) is 4.98 Å². The Morgan fingerprint density at radius 3 is 1.19 bits per heavy atom. The molecule has 0 radical (unpaired) electrons. The molecule has 4 heterocycles. The van der Waals surface area contributed by atoms with Crippen molar-refractivity contribution in [3.05, 3.63) is 24.0 Å². The maximum absolute atomic E-state index is 6.75. The summed E-state index contributed by atoms with van der Waals surface area (Å²) in [6, 6.07) is 3.83. The molecule has 3 fully saturated rings. The third-order valence-corrected chi connectivity index (χ3v) is 9.60. The van der Waals surface area contributed by atoms with Gasteiger partial charge in [-0.2, -0.15) is 0 Å². The lowest BCUT2D eigenvalue weighted by Crippen LogP contribution is -2.60. The first-order valence-electron chi connectivity index (χ1n) is 13.3. The van der Waals surface area contributed by atoms with Crippen LogP contribution in [0.5, 0.6) is 5.75 Å². The Morgan fingerprint density at radius 1 is 0.622 bits per heavy atom. The van der Waals surface area contributed by atoms with Crippen LogP contribution in [0.1, 0.15) is 88.8 Å². The summed E-state index contributed by atoms with van der Waals surface area (Å²) in [4.78, 5) is 4.71. The van der Waals surface area contributed by atoms with Gasteiger partial charge in [0.25, 0.3) is 0 Å². The number of rotatable bonds is 6. The average Bonchev–Trinajstić information content (AvgIpc) is 3.21. The van der Waals surface area contributed by atoms with Gasteiger partial charge in [-0.1, -0.05) is 0 Å². The van der Waals surface area contributed by atoms with Crippen LogP contribution in [-0.4, -0.2) is 67.1 Å². The van der Waals surface area contributed by atoms with Crippen molar-refractivity contribution in [3.8, 4) is 5.75 Å². The molecular weight excluding hydrogens is 471 g/mol. The molecule has 11 heteroatoms. The van der Waals surface area contributed by atoms with Gasteiger partial charge in [-0.15, -0.1) is 0 Å². The minimum Gasteiger partial charge on any atom is -0.495 e. The summed E-state index contributed by atoms with van der Waals surface area (Å²) in [6.07, 6.45) is 2.07. The van der Waals surface area contributed by atoms with Crippen molar-refractivity contribution in [3.63, 3.8) is 0 Å². The lowest BCUT2D eigenvalue weighted by atomic mass is 9.23. The first kappa shape index (κ1) is 28.9. The minimum absolute atomic E-state index is 0.363. The van der Waals surface area contributed by atoms with E-state index in [1.807, 2.05) is 95.2 Å². The smallest absolute Gasteiger partial charge is 0.460 e. The molecule has 204 valence electrons. The Bertz CT molecular complexity index is 874. The molecule has 0 amide bonds. The van der Waals surface area contributed by atoms with Gasteiger partial charge in [0, 0.05) is 5.69 Å². The maximum atomic E-state index is 6.75. The van der Waals surface area contributed by atoms with E-state index in [2.05, 4.69) is 0 Å². The molecule has 1 aromatic heterocycles. The normalized spacial score (nSPS) is 27.1. The fourth-order valence-corrected chi connectivity index (χ4v) is 4.72. The van der Waals surface area contributed by atoms with Gasteiger partial charge < -0.3 is 32.7 Å². The van der Waals surface area contributed by atoms with Crippen molar-refractivity contribution < 1.29 is 32.7 Å². The molecule has 0 atom stereocenters. The summed E-state index contributed by atoms with van der Waals surface area (Å²) in [6.45, 7) is 24.5. The summed E-state index contributed by atoms with van der Waals surface area (Å²) >= 11 is 0. The van der Waals surface area contributed by atoms with Crippen LogP contribution in [0.3, 0.4) is 0 Å². The molecule has 0 bridgehead atoms. The van der Waals surface area contributed by atoms with Gasteiger partial charge in [-0.25, -0.2) is 0 Å². The van der Waals surface area contributed by atoms with Crippen molar-refractivity contribution in [2.75, 3.05) is 7.11 Å². The predicted molar refractivity (Wildman–Crippen MR) is 145 cm³/mol. The van der Waals surface area contributed by atoms with E-state index in [1.54, 1.807) is 13.3 Å². The molecular formula is C26H44B3NO7. The highest BCUT2D eigenvalue weighted by Crippen LogP contribution is 2.57. The van der Waals surface area contributed by atoms with E-state index < -0.39 is 60.1 Å². The molecule has 0 unspecified atom stereocenters. The first-order chi connectivity index (χ1) is 16.7. The van der Waals surface area contributed by atoms with E-state index in [4.69, 9.17) is 37.6 Å². The van der Waals surface area contributed by atoms with Crippen molar-refractivity contribution in [2.45, 2.75) is 128 Å². The number of pyridine rings is 1. The molecule has 8 nitrogen and oxygen atoms in total. The maximum Gasteiger partial charge on any atom is 0.460 e. The van der Waals surface area contributed by atoms with Crippen LogP contribution in [0, 0.1) is 0 Å². The highest BCUT2D eigenvalue weighted by Gasteiger charge is 2.77. The van der Waals surface area contributed by atoms with Crippen LogP contribution in [0.4, 0.5) is 0 Å². The molecule has 3 aliphatic rings. The molecule has 0 spiro atoms. The van der Waals surface area contributed by atoms with E-state index >= 15 is 0 Å². The number of hydrogen-bond acceptors (Lipinski definition) is 8. The van der Waals surface area contributed by atoms with Gasteiger partial charge in [0.05, 0.1) is 52.0 Å². The van der Waals surface area contributed by atoms with Gasteiger partial charge in [0.1, 0.15) is 5.75 Å². The largest absolute Gasteiger partial charge is 0.495 e. The monoisotopic (exact) mass is 515 g/mol. The molecule has 0 saturated carbocycles. The minimum atomic E-state index is -1.07. The zero-order valence-corrected chi connectivity index (χ0v) is 25.0. The van der Waals surface area contributed by atoms with Crippen LogP contribution < -0.4 is 4.74 Å². The van der Waals surface area contributed by atoms with Crippen LogP contribution >= 0.6 is 0 Å². The molecule has 0 N–H and O–H groups in total. The number of methoxy groups -OCH3 is 1. The topological polar surface area (TPSA) is 77.5 Å². The van der Waals surface area contributed by atoms with E-state index in [9.17, 15) is 0 Å². The number of aromatic nitrogens is 1. The van der Waals surface area contributed by atoms with Crippen molar-refractivity contribution in [1.29, 1.82) is 0 Å². The molecule has 4 rings (SSSR count). The van der Waals surface area contributed by atoms with E-state index in [1.165, 1.54) is 0 Å². The Kier molecular flexibility index (Phi) is 6.80. The van der Waals surface area contributed by atoms with E-state index in [0.717, 1.165) is 5.69 Å². The lowest BCUT2D eigenvalue weighted by Gasteiger charge is -2.38. The van der Waals surface area contributed by atoms with Crippen LogP contribution in [0.2, 0.25) is 5.11 Å². The van der Waals surface area contributed by atoms with Crippen LogP contribution in [0.25, 0.3) is 0 Å². The van der Waals surface area contributed by atoms with Crippen molar-refractivity contribution in [1.82, 2.24) is 4.98 Å². The first-order valence-corrected chi connectivity index (χ1v) is 13.3. The summed E-state index contributed by atoms with van der Waals surface area (Å²) < 4.78 is 45.8. The molecule has 3 saturated heterocycles.